The Morgan fingerprint density at radius 1 is 0.886 bits per heavy atom. The number of benzene rings is 3. The van der Waals surface area contributed by atoms with Gasteiger partial charge >= 0.3 is 11.9 Å². The number of nitriles is 1. The van der Waals surface area contributed by atoms with Crippen molar-refractivity contribution in [2.75, 3.05) is 23.8 Å². The molecule has 5 rings (SSSR count). The van der Waals surface area contributed by atoms with E-state index in [2.05, 4.69) is 15.9 Å². The van der Waals surface area contributed by atoms with Gasteiger partial charge in [0.2, 0.25) is 0 Å². The molecule has 0 bridgehead atoms. The molecular formula is C31H26N6O6S. The fourth-order valence-electron chi connectivity index (χ4n) is 4.91. The van der Waals surface area contributed by atoms with Crippen LogP contribution in [0.3, 0.4) is 0 Å². The Kier molecular flexibility index (Phi) is 8.19. The van der Waals surface area contributed by atoms with Crippen LogP contribution in [-0.4, -0.2) is 44.4 Å². The lowest BCUT2D eigenvalue weighted by molar-refractivity contribution is -0.139. The van der Waals surface area contributed by atoms with Gasteiger partial charge in [-0.15, -0.1) is 0 Å². The highest BCUT2D eigenvalue weighted by Crippen LogP contribution is 2.43. The van der Waals surface area contributed by atoms with Crippen LogP contribution in [0.2, 0.25) is 0 Å². The topological polar surface area (TPSA) is 170 Å². The van der Waals surface area contributed by atoms with Crippen LogP contribution in [-0.2, 0) is 29.1 Å². The number of ether oxygens (including phenoxy) is 2. The zero-order chi connectivity index (χ0) is 31.4. The maximum absolute atomic E-state index is 13.3. The van der Waals surface area contributed by atoms with E-state index < -0.39 is 27.9 Å². The van der Waals surface area contributed by atoms with Crippen molar-refractivity contribution in [1.29, 1.82) is 5.26 Å². The minimum Gasteiger partial charge on any atom is -0.466 e. The Morgan fingerprint density at radius 3 is 2.09 bits per heavy atom. The lowest BCUT2D eigenvalue weighted by atomic mass is 9.81. The monoisotopic (exact) mass is 610 g/mol. The van der Waals surface area contributed by atoms with Gasteiger partial charge in [0, 0.05) is 11.8 Å². The average Bonchev–Trinajstić information content (AvgIpc) is 3.51. The molecule has 0 saturated heterocycles. The lowest BCUT2D eigenvalue weighted by Crippen LogP contribution is -2.40. The number of para-hydroxylation sites is 1. The summed E-state index contributed by atoms with van der Waals surface area (Å²) in [6, 6.07) is 26.6. The van der Waals surface area contributed by atoms with Crippen molar-refractivity contribution >= 4 is 33.5 Å². The number of allylic oxidation sites excluding steroid dienone is 1. The molecule has 0 radical (unpaired) electrons. The second kappa shape index (κ2) is 12.2. The number of methoxy groups -OCH3 is 2. The SMILES string of the molecule is COC(=O)C1=C(C(=O)OC)N(c2ccc(S(=O)(=O)Nc3ccnn3-c3ccccc3)cc2)C(N)=C(C#N)C1c1ccccc1. The molecule has 1 aliphatic heterocycles. The van der Waals surface area contributed by atoms with E-state index in [9.17, 15) is 23.3 Å². The van der Waals surface area contributed by atoms with E-state index in [-0.39, 0.29) is 39.1 Å². The number of nitrogens with zero attached hydrogens (tertiary/aromatic N) is 4. The van der Waals surface area contributed by atoms with Gasteiger partial charge in [-0.05, 0) is 42.0 Å². The van der Waals surface area contributed by atoms with E-state index in [0.29, 0.717) is 11.3 Å². The molecule has 222 valence electrons. The van der Waals surface area contributed by atoms with Crippen LogP contribution in [0.25, 0.3) is 5.69 Å². The molecule has 3 aromatic carbocycles. The fourth-order valence-corrected chi connectivity index (χ4v) is 5.95. The third-order valence-corrected chi connectivity index (χ3v) is 8.27. The van der Waals surface area contributed by atoms with E-state index in [1.165, 1.54) is 46.1 Å². The van der Waals surface area contributed by atoms with Gasteiger partial charge in [0.15, 0.2) is 0 Å². The molecule has 3 N–H and O–H groups in total. The summed E-state index contributed by atoms with van der Waals surface area (Å²) in [5.74, 6) is -2.75. The third-order valence-electron chi connectivity index (χ3n) is 6.90. The minimum absolute atomic E-state index is 0.0169. The first-order chi connectivity index (χ1) is 21.2. The van der Waals surface area contributed by atoms with Gasteiger partial charge in [-0.25, -0.2) is 22.7 Å². The molecular weight excluding hydrogens is 584 g/mol. The maximum atomic E-state index is 13.3. The van der Waals surface area contributed by atoms with Crippen LogP contribution in [0.4, 0.5) is 11.5 Å². The van der Waals surface area contributed by atoms with Crippen LogP contribution in [0.15, 0.2) is 125 Å². The number of nitrogens with one attached hydrogen (secondary N) is 1. The molecule has 4 aromatic rings. The Bertz CT molecular complexity index is 1930. The largest absolute Gasteiger partial charge is 0.466 e. The molecule has 0 spiro atoms. The number of hydrogen-bond donors (Lipinski definition) is 2. The van der Waals surface area contributed by atoms with Gasteiger partial charge < -0.3 is 15.2 Å². The fraction of sp³-hybridized carbons (Fsp3) is 0.0968. The first-order valence-electron chi connectivity index (χ1n) is 13.1. The van der Waals surface area contributed by atoms with Crippen molar-refractivity contribution < 1.29 is 27.5 Å². The molecule has 1 aliphatic rings. The number of rotatable bonds is 8. The summed E-state index contributed by atoms with van der Waals surface area (Å²) in [5, 5.41) is 14.4. The van der Waals surface area contributed by atoms with Crippen LogP contribution in [0.5, 0.6) is 0 Å². The van der Waals surface area contributed by atoms with Gasteiger partial charge in [-0.1, -0.05) is 48.5 Å². The third kappa shape index (κ3) is 5.37. The Balaban J connectivity index is 1.58. The lowest BCUT2D eigenvalue weighted by Gasteiger charge is -2.35. The Hall–Kier alpha value is -5.87. The van der Waals surface area contributed by atoms with E-state index in [1.807, 2.05) is 6.07 Å². The average molecular weight is 611 g/mol. The zero-order valence-electron chi connectivity index (χ0n) is 23.5. The van der Waals surface area contributed by atoms with Gasteiger partial charge in [0.1, 0.15) is 17.3 Å². The molecule has 12 nitrogen and oxygen atoms in total. The summed E-state index contributed by atoms with van der Waals surface area (Å²) >= 11 is 0. The van der Waals surface area contributed by atoms with Crippen molar-refractivity contribution in [3.05, 3.63) is 125 Å². The molecule has 13 heteroatoms. The molecule has 1 atom stereocenters. The minimum atomic E-state index is -4.10. The standard InChI is InChI=1S/C31H26N6O6S/c1-42-30(38)27-26(20-9-5-3-6-10-20)24(19-32)29(33)36(28(27)31(39)43-2)21-13-15-23(16-14-21)44(40,41)35-25-17-18-34-37(25)22-11-7-4-8-12-22/h3-18,26,35H,33H2,1-2H3. The second-order valence-corrected chi connectivity index (χ2v) is 11.1. The summed E-state index contributed by atoms with van der Waals surface area (Å²) < 4.78 is 40.7. The molecule has 1 aromatic heterocycles. The first-order valence-corrected chi connectivity index (χ1v) is 14.6. The summed E-state index contributed by atoms with van der Waals surface area (Å²) in [7, 11) is -1.81. The van der Waals surface area contributed by atoms with Crippen LogP contribution in [0.1, 0.15) is 11.5 Å². The van der Waals surface area contributed by atoms with Crippen molar-refractivity contribution in [3.63, 3.8) is 0 Å². The predicted molar refractivity (Wildman–Crippen MR) is 160 cm³/mol. The zero-order valence-corrected chi connectivity index (χ0v) is 24.4. The summed E-state index contributed by atoms with van der Waals surface area (Å²) in [6.45, 7) is 0. The van der Waals surface area contributed by atoms with Gasteiger partial charge in [-0.3, -0.25) is 9.62 Å². The normalized spacial score (nSPS) is 15.0. The Morgan fingerprint density at radius 2 is 1.50 bits per heavy atom. The molecule has 44 heavy (non-hydrogen) atoms. The van der Waals surface area contributed by atoms with E-state index >= 15 is 0 Å². The van der Waals surface area contributed by atoms with Gasteiger partial charge in [0.05, 0.1) is 54.1 Å². The summed E-state index contributed by atoms with van der Waals surface area (Å²) in [4.78, 5) is 27.5. The summed E-state index contributed by atoms with van der Waals surface area (Å²) in [5.41, 5.74) is 7.43. The van der Waals surface area contributed by atoms with Crippen LogP contribution >= 0.6 is 0 Å². The molecule has 0 saturated carbocycles. The van der Waals surface area contributed by atoms with Gasteiger partial charge in [0.25, 0.3) is 10.0 Å². The molecule has 2 heterocycles. The molecule has 1 unspecified atom stereocenters. The first kappa shape index (κ1) is 29.6. The van der Waals surface area contributed by atoms with Crippen molar-refractivity contribution in [1.82, 2.24) is 9.78 Å². The van der Waals surface area contributed by atoms with E-state index in [1.54, 1.807) is 54.6 Å². The predicted octanol–water partition coefficient (Wildman–Crippen LogP) is 3.57. The Labute approximate surface area is 253 Å². The maximum Gasteiger partial charge on any atom is 0.355 e. The number of sulfonamides is 1. The van der Waals surface area contributed by atoms with E-state index in [0.717, 1.165) is 14.2 Å². The number of anilines is 2. The summed E-state index contributed by atoms with van der Waals surface area (Å²) in [6.07, 6.45) is 1.47. The van der Waals surface area contributed by atoms with Gasteiger partial charge in [-0.2, -0.15) is 10.4 Å². The number of carbonyl (C=O) groups is 2. The number of hydrogen-bond acceptors (Lipinski definition) is 10. The quantitative estimate of drug-likeness (QED) is 0.281. The van der Waals surface area contributed by atoms with Crippen LogP contribution in [0, 0.1) is 11.3 Å². The van der Waals surface area contributed by atoms with Crippen molar-refractivity contribution in [3.8, 4) is 11.8 Å². The molecule has 0 fully saturated rings. The number of nitrogens with two attached hydrogens (primary N) is 1. The van der Waals surface area contributed by atoms with Crippen molar-refractivity contribution in [2.45, 2.75) is 10.8 Å². The second-order valence-electron chi connectivity index (χ2n) is 9.40. The highest BCUT2D eigenvalue weighted by atomic mass is 32.2. The van der Waals surface area contributed by atoms with Crippen LogP contribution < -0.4 is 15.4 Å². The molecule has 0 amide bonds. The number of aromatic nitrogens is 2. The number of esters is 2. The van der Waals surface area contributed by atoms with Crippen molar-refractivity contribution in [2.24, 2.45) is 5.73 Å². The molecule has 0 aliphatic carbocycles. The smallest absolute Gasteiger partial charge is 0.355 e. The highest BCUT2D eigenvalue weighted by molar-refractivity contribution is 7.92. The number of carbonyl (C=O) groups excluding carboxylic acids is 2. The van der Waals surface area contributed by atoms with E-state index in [4.69, 9.17) is 15.2 Å². The highest BCUT2D eigenvalue weighted by Gasteiger charge is 2.43.